The van der Waals surface area contributed by atoms with Crippen LogP contribution in [0.4, 0.5) is 39.8 Å². The molecule has 0 saturated heterocycles. The lowest BCUT2D eigenvalue weighted by molar-refractivity contribution is 0.471. The maximum atomic E-state index is 12.0. The minimum atomic E-state index is -5.05. The lowest BCUT2D eigenvalue weighted by atomic mass is 10.1. The number of hydrogen-bond donors (Lipinski definition) is 6. The maximum Gasteiger partial charge on any atom is 0.296 e. The number of hydrogen-bond acceptors (Lipinski definition) is 12. The number of nitrogens with two attached hydrogens (primary N) is 3. The molecule has 0 aromatic heterocycles. The van der Waals surface area contributed by atoms with Crippen molar-refractivity contribution in [2.24, 2.45) is 20.5 Å². The van der Waals surface area contributed by atoms with E-state index in [1.54, 1.807) is 12.1 Å². The van der Waals surface area contributed by atoms with Gasteiger partial charge in [-0.25, -0.2) is 0 Å². The normalized spacial score (nSPS) is 12.6. The van der Waals surface area contributed by atoms with Crippen molar-refractivity contribution in [2.45, 2.75) is 9.79 Å². The summed E-state index contributed by atoms with van der Waals surface area (Å²) >= 11 is 0. The van der Waals surface area contributed by atoms with Gasteiger partial charge in [-0.2, -0.15) is 27.1 Å². The molecule has 4 aromatic rings. The number of rotatable bonds is 6. The standard InChI is InChI=1S/C22H19N7O7S2/c23-11-1-7-17(16(25)9-11)28-26-12-2-4-13(5-3-12)27-29-21-19(38(34,35)36)10-14-18(37(31,32)33)8-6-15(24)20(14)22(21)30/h1-10,30H,23-25H2,(H,31,32,33)(H,34,35,36). The van der Waals surface area contributed by atoms with Crippen LogP contribution >= 0.6 is 0 Å². The predicted octanol–water partition coefficient (Wildman–Crippen LogP) is 4.62. The number of aromatic hydroxyl groups is 1. The van der Waals surface area contributed by atoms with Crippen molar-refractivity contribution in [2.75, 3.05) is 17.2 Å². The van der Waals surface area contributed by atoms with E-state index in [0.717, 1.165) is 12.1 Å². The van der Waals surface area contributed by atoms with Gasteiger partial charge in [0.25, 0.3) is 20.2 Å². The molecule has 0 bridgehead atoms. The fraction of sp³-hybridized carbons (Fsp3) is 0. The quantitative estimate of drug-likeness (QED) is 0.109. The zero-order chi connectivity index (χ0) is 27.8. The van der Waals surface area contributed by atoms with E-state index < -0.39 is 46.9 Å². The molecule has 0 unspecified atom stereocenters. The van der Waals surface area contributed by atoms with Crippen LogP contribution in [-0.4, -0.2) is 31.0 Å². The number of benzene rings is 4. The Kier molecular flexibility index (Phi) is 6.73. The van der Waals surface area contributed by atoms with Crippen molar-refractivity contribution < 1.29 is 31.0 Å². The summed E-state index contributed by atoms with van der Waals surface area (Å²) in [5, 5.41) is 25.7. The summed E-state index contributed by atoms with van der Waals surface area (Å²) in [6, 6.07) is 13.4. The van der Waals surface area contributed by atoms with Crippen molar-refractivity contribution >= 4 is 70.8 Å². The topological polar surface area (TPSA) is 256 Å². The van der Waals surface area contributed by atoms with Gasteiger partial charge in [-0.1, -0.05) is 0 Å². The SMILES string of the molecule is Nc1ccc(N=Nc2ccc(N=Nc3c(S(=O)(=O)O)cc4c(S(=O)(=O)O)ccc(N)c4c3O)cc2)c(N)c1. The minimum absolute atomic E-state index is 0.153. The van der Waals surface area contributed by atoms with Crippen molar-refractivity contribution in [3.63, 3.8) is 0 Å². The van der Waals surface area contributed by atoms with Crippen LogP contribution in [0.25, 0.3) is 10.8 Å². The lowest BCUT2D eigenvalue weighted by Gasteiger charge is -2.12. The van der Waals surface area contributed by atoms with Gasteiger partial charge in [0.15, 0.2) is 5.75 Å². The largest absolute Gasteiger partial charge is 0.505 e. The van der Waals surface area contributed by atoms with E-state index >= 15 is 0 Å². The Labute approximate surface area is 215 Å². The number of nitrogens with zero attached hydrogens (tertiary/aromatic N) is 4. The number of nitrogen functional groups attached to an aromatic ring is 3. The molecule has 4 aromatic carbocycles. The summed E-state index contributed by atoms with van der Waals surface area (Å²) < 4.78 is 66.8. The third-order valence-electron chi connectivity index (χ3n) is 5.20. The molecule has 0 fully saturated rings. The molecule has 0 spiro atoms. The van der Waals surface area contributed by atoms with E-state index in [-0.39, 0.29) is 16.8 Å². The molecule has 0 saturated carbocycles. The molecule has 9 N–H and O–H groups in total. The zero-order valence-electron chi connectivity index (χ0n) is 19.1. The van der Waals surface area contributed by atoms with E-state index in [1.165, 1.54) is 30.3 Å². The zero-order valence-corrected chi connectivity index (χ0v) is 20.7. The molecule has 14 nitrogen and oxygen atoms in total. The van der Waals surface area contributed by atoms with E-state index in [1.807, 2.05) is 0 Å². The summed E-state index contributed by atoms with van der Waals surface area (Å²) in [6.45, 7) is 0. The van der Waals surface area contributed by atoms with Crippen LogP contribution in [0.1, 0.15) is 0 Å². The van der Waals surface area contributed by atoms with Crippen molar-refractivity contribution in [1.29, 1.82) is 0 Å². The molecular formula is C22H19N7O7S2. The Hall–Kier alpha value is -4.64. The second kappa shape index (κ2) is 9.67. The average Bonchev–Trinajstić information content (AvgIpc) is 2.82. The van der Waals surface area contributed by atoms with Gasteiger partial charge in [-0.05, 0) is 60.7 Å². The molecule has 196 valence electrons. The maximum absolute atomic E-state index is 12.0. The van der Waals surface area contributed by atoms with Gasteiger partial charge in [-0.15, -0.1) is 10.2 Å². The second-order valence-electron chi connectivity index (χ2n) is 7.83. The van der Waals surface area contributed by atoms with Gasteiger partial charge in [0.05, 0.1) is 22.4 Å². The van der Waals surface area contributed by atoms with Crippen molar-refractivity contribution in [3.05, 3.63) is 60.7 Å². The van der Waals surface area contributed by atoms with Gasteiger partial charge in [-0.3, -0.25) is 9.11 Å². The smallest absolute Gasteiger partial charge is 0.296 e. The van der Waals surface area contributed by atoms with Crippen LogP contribution < -0.4 is 17.2 Å². The first-order valence-electron chi connectivity index (χ1n) is 10.4. The van der Waals surface area contributed by atoms with Gasteiger partial charge in [0.1, 0.15) is 21.2 Å². The number of fused-ring (bicyclic) bond motifs is 1. The van der Waals surface area contributed by atoms with Gasteiger partial charge < -0.3 is 22.3 Å². The molecule has 16 heteroatoms. The molecule has 0 heterocycles. The molecule has 0 aliphatic heterocycles. The summed E-state index contributed by atoms with van der Waals surface area (Å²) in [5.74, 6) is -0.881. The second-order valence-corrected chi connectivity index (χ2v) is 10.6. The third kappa shape index (κ3) is 5.37. The summed E-state index contributed by atoms with van der Waals surface area (Å²) in [6.07, 6.45) is 0. The number of anilines is 3. The molecule has 4 rings (SSSR count). The summed E-state index contributed by atoms with van der Waals surface area (Å²) in [5.41, 5.74) is 18.3. The van der Waals surface area contributed by atoms with Crippen molar-refractivity contribution in [3.8, 4) is 5.75 Å². The van der Waals surface area contributed by atoms with Crippen LogP contribution in [0, 0.1) is 0 Å². The fourth-order valence-corrected chi connectivity index (χ4v) is 4.77. The number of phenolic OH excluding ortho intramolecular Hbond substituents is 1. The minimum Gasteiger partial charge on any atom is -0.505 e. The van der Waals surface area contributed by atoms with Gasteiger partial charge in [0.2, 0.25) is 0 Å². The highest BCUT2D eigenvalue weighted by Gasteiger charge is 2.26. The van der Waals surface area contributed by atoms with Crippen LogP contribution in [0.15, 0.2) is 90.9 Å². The molecule has 0 atom stereocenters. The van der Waals surface area contributed by atoms with Gasteiger partial charge >= 0.3 is 0 Å². The van der Waals surface area contributed by atoms with E-state index in [4.69, 9.17) is 17.2 Å². The van der Waals surface area contributed by atoms with Crippen LogP contribution in [0.3, 0.4) is 0 Å². The Balaban J connectivity index is 1.75. The monoisotopic (exact) mass is 557 g/mol. The average molecular weight is 558 g/mol. The Bertz CT molecular complexity index is 1860. The third-order valence-corrected chi connectivity index (χ3v) is 6.98. The van der Waals surface area contributed by atoms with Gasteiger partial charge in [0, 0.05) is 16.8 Å². The molecule has 0 aliphatic rings. The highest BCUT2D eigenvalue weighted by molar-refractivity contribution is 7.86. The fourth-order valence-electron chi connectivity index (χ4n) is 3.45. The van der Waals surface area contributed by atoms with E-state index in [0.29, 0.717) is 28.8 Å². The number of phenols is 1. The highest BCUT2D eigenvalue weighted by atomic mass is 32.2. The first-order valence-corrected chi connectivity index (χ1v) is 13.3. The molecule has 0 radical (unpaired) electrons. The Morgan fingerprint density at radius 3 is 1.76 bits per heavy atom. The molecule has 38 heavy (non-hydrogen) atoms. The highest BCUT2D eigenvalue weighted by Crippen LogP contribution is 2.45. The first kappa shape index (κ1) is 26.4. The van der Waals surface area contributed by atoms with E-state index in [9.17, 15) is 31.0 Å². The molecule has 0 amide bonds. The predicted molar refractivity (Wildman–Crippen MR) is 140 cm³/mol. The Morgan fingerprint density at radius 2 is 1.21 bits per heavy atom. The molecular weight excluding hydrogens is 538 g/mol. The lowest BCUT2D eigenvalue weighted by Crippen LogP contribution is -2.04. The molecule has 0 aliphatic carbocycles. The van der Waals surface area contributed by atoms with Crippen LogP contribution in [-0.2, 0) is 20.2 Å². The summed E-state index contributed by atoms with van der Waals surface area (Å²) in [7, 11) is -9.90. The van der Waals surface area contributed by atoms with Crippen LogP contribution in [0.5, 0.6) is 5.75 Å². The van der Waals surface area contributed by atoms with E-state index in [2.05, 4.69) is 20.5 Å². The Morgan fingerprint density at radius 1 is 0.632 bits per heavy atom. The van der Waals surface area contributed by atoms with Crippen LogP contribution in [0.2, 0.25) is 0 Å². The summed E-state index contributed by atoms with van der Waals surface area (Å²) in [4.78, 5) is -1.70. The number of azo groups is 2. The first-order chi connectivity index (χ1) is 17.8. The van der Waals surface area contributed by atoms with Crippen molar-refractivity contribution in [1.82, 2.24) is 0 Å².